The van der Waals surface area contributed by atoms with Crippen molar-refractivity contribution in [2.24, 2.45) is 5.73 Å². The van der Waals surface area contributed by atoms with Crippen LogP contribution in [0.1, 0.15) is 12.6 Å². The fourth-order valence-electron chi connectivity index (χ4n) is 1.65. The smallest absolute Gasteiger partial charge is 0.0705 e. The number of aliphatic hydroxyl groups is 1. The van der Waals surface area contributed by atoms with Crippen LogP contribution in [0.4, 0.5) is 0 Å². The van der Waals surface area contributed by atoms with Crippen LogP contribution >= 0.6 is 0 Å². The molecule has 1 aromatic heterocycles. The van der Waals surface area contributed by atoms with E-state index >= 15 is 0 Å². The lowest BCUT2D eigenvalue weighted by Crippen LogP contribution is -2.36. The second kappa shape index (κ2) is 4.20. The first-order valence-corrected chi connectivity index (χ1v) is 5.37. The molecule has 2 aromatic rings. The molecular weight excluding hydrogens is 200 g/mol. The molecule has 0 saturated carbocycles. The molecule has 16 heavy (non-hydrogen) atoms. The van der Waals surface area contributed by atoms with Crippen molar-refractivity contribution in [3.8, 4) is 0 Å². The van der Waals surface area contributed by atoms with E-state index in [1.165, 1.54) is 0 Å². The lowest BCUT2D eigenvalue weighted by molar-refractivity contribution is 0.207. The molecule has 84 valence electrons. The molecule has 0 fully saturated rings. The highest BCUT2D eigenvalue weighted by atomic mass is 16.3. The minimum atomic E-state index is -0.454. The van der Waals surface area contributed by atoms with Gasteiger partial charge in [-0.15, -0.1) is 0 Å². The lowest BCUT2D eigenvalue weighted by atomic mass is 9.87. The highest BCUT2D eigenvalue weighted by Crippen LogP contribution is 2.22. The first-order chi connectivity index (χ1) is 7.69. The Kier molecular flexibility index (Phi) is 2.90. The SMILES string of the molecule is CC(CN)(CO)c1ccc2ccccc2n1. The Labute approximate surface area is 94.9 Å². The van der Waals surface area contributed by atoms with E-state index in [9.17, 15) is 5.11 Å². The van der Waals surface area contributed by atoms with Crippen molar-refractivity contribution in [3.05, 3.63) is 42.1 Å². The van der Waals surface area contributed by atoms with Gasteiger partial charge in [-0.05, 0) is 12.1 Å². The molecule has 0 bridgehead atoms. The quantitative estimate of drug-likeness (QED) is 0.816. The van der Waals surface area contributed by atoms with E-state index in [1.54, 1.807) is 0 Å². The molecule has 3 N–H and O–H groups in total. The topological polar surface area (TPSA) is 59.1 Å². The van der Waals surface area contributed by atoms with Crippen molar-refractivity contribution in [3.63, 3.8) is 0 Å². The van der Waals surface area contributed by atoms with Crippen LogP contribution in [-0.2, 0) is 5.41 Å². The third-order valence-electron chi connectivity index (χ3n) is 3.02. The number of fused-ring (bicyclic) bond motifs is 1. The van der Waals surface area contributed by atoms with E-state index < -0.39 is 5.41 Å². The number of pyridine rings is 1. The Morgan fingerprint density at radius 2 is 2.00 bits per heavy atom. The van der Waals surface area contributed by atoms with E-state index in [1.807, 2.05) is 43.3 Å². The summed E-state index contributed by atoms with van der Waals surface area (Å²) < 4.78 is 0. The Balaban J connectivity index is 2.54. The molecule has 0 radical (unpaired) electrons. The van der Waals surface area contributed by atoms with Crippen LogP contribution in [0, 0.1) is 0 Å². The monoisotopic (exact) mass is 216 g/mol. The van der Waals surface area contributed by atoms with Crippen LogP contribution in [0.2, 0.25) is 0 Å². The minimum absolute atomic E-state index is 0.00877. The van der Waals surface area contributed by atoms with Crippen molar-refractivity contribution < 1.29 is 5.11 Å². The minimum Gasteiger partial charge on any atom is -0.395 e. The van der Waals surface area contributed by atoms with E-state index in [4.69, 9.17) is 5.73 Å². The maximum atomic E-state index is 9.39. The van der Waals surface area contributed by atoms with Crippen molar-refractivity contribution in [1.82, 2.24) is 4.98 Å². The fraction of sp³-hybridized carbons (Fsp3) is 0.308. The van der Waals surface area contributed by atoms with Crippen LogP contribution < -0.4 is 5.73 Å². The molecule has 1 unspecified atom stereocenters. The predicted octanol–water partition coefficient (Wildman–Crippen LogP) is 1.44. The fourth-order valence-corrected chi connectivity index (χ4v) is 1.65. The van der Waals surface area contributed by atoms with Gasteiger partial charge in [0.25, 0.3) is 0 Å². The molecule has 0 aliphatic rings. The van der Waals surface area contributed by atoms with Gasteiger partial charge >= 0.3 is 0 Å². The van der Waals surface area contributed by atoms with E-state index in [-0.39, 0.29) is 6.61 Å². The normalized spacial score (nSPS) is 14.9. The van der Waals surface area contributed by atoms with Crippen molar-refractivity contribution in [2.75, 3.05) is 13.2 Å². The number of rotatable bonds is 3. The van der Waals surface area contributed by atoms with Gasteiger partial charge in [-0.1, -0.05) is 31.2 Å². The van der Waals surface area contributed by atoms with Gasteiger partial charge in [0.15, 0.2) is 0 Å². The summed E-state index contributed by atoms with van der Waals surface area (Å²) in [5, 5.41) is 10.5. The van der Waals surface area contributed by atoms with Gasteiger partial charge < -0.3 is 10.8 Å². The zero-order valence-electron chi connectivity index (χ0n) is 9.35. The standard InChI is InChI=1S/C13H16N2O/c1-13(8-14,9-16)12-7-6-10-4-2-3-5-11(10)15-12/h2-7,16H,8-9,14H2,1H3. The number of hydrogen-bond acceptors (Lipinski definition) is 3. The summed E-state index contributed by atoms with van der Waals surface area (Å²) in [5.74, 6) is 0. The van der Waals surface area contributed by atoms with Crippen LogP contribution in [0.25, 0.3) is 10.9 Å². The van der Waals surface area contributed by atoms with Gasteiger partial charge in [-0.25, -0.2) is 0 Å². The van der Waals surface area contributed by atoms with Crippen LogP contribution in [0.15, 0.2) is 36.4 Å². The molecular formula is C13H16N2O. The Morgan fingerprint density at radius 1 is 1.25 bits per heavy atom. The maximum Gasteiger partial charge on any atom is 0.0705 e. The second-order valence-corrected chi connectivity index (χ2v) is 4.31. The van der Waals surface area contributed by atoms with Crippen LogP contribution in [-0.4, -0.2) is 23.2 Å². The van der Waals surface area contributed by atoms with Gasteiger partial charge in [0.2, 0.25) is 0 Å². The molecule has 3 heteroatoms. The summed E-state index contributed by atoms with van der Waals surface area (Å²) in [4.78, 5) is 4.55. The van der Waals surface area contributed by atoms with Gasteiger partial charge in [-0.3, -0.25) is 4.98 Å². The maximum absolute atomic E-state index is 9.39. The predicted molar refractivity (Wildman–Crippen MR) is 65.2 cm³/mol. The van der Waals surface area contributed by atoms with Crippen molar-refractivity contribution in [1.29, 1.82) is 0 Å². The molecule has 1 heterocycles. The molecule has 1 atom stereocenters. The zero-order valence-corrected chi connectivity index (χ0v) is 9.35. The number of para-hydroxylation sites is 1. The van der Waals surface area contributed by atoms with E-state index in [2.05, 4.69) is 4.98 Å². The summed E-state index contributed by atoms with van der Waals surface area (Å²) >= 11 is 0. The second-order valence-electron chi connectivity index (χ2n) is 4.31. The molecule has 0 aliphatic carbocycles. The van der Waals surface area contributed by atoms with Crippen LogP contribution in [0.5, 0.6) is 0 Å². The average Bonchev–Trinajstić information content (AvgIpc) is 2.37. The summed E-state index contributed by atoms with van der Waals surface area (Å²) in [6.07, 6.45) is 0. The number of nitrogens with zero attached hydrogens (tertiary/aromatic N) is 1. The van der Waals surface area contributed by atoms with Crippen molar-refractivity contribution >= 4 is 10.9 Å². The number of aromatic nitrogens is 1. The first kappa shape index (κ1) is 11.0. The Bertz CT molecular complexity index is 492. The summed E-state index contributed by atoms with van der Waals surface area (Å²) in [6, 6.07) is 11.9. The van der Waals surface area contributed by atoms with Gasteiger partial charge in [0.1, 0.15) is 0 Å². The lowest BCUT2D eigenvalue weighted by Gasteiger charge is -2.24. The van der Waals surface area contributed by atoms with Gasteiger partial charge in [0.05, 0.1) is 17.8 Å². The average molecular weight is 216 g/mol. The molecule has 0 spiro atoms. The summed E-state index contributed by atoms with van der Waals surface area (Å²) in [7, 11) is 0. The molecule has 0 saturated heterocycles. The molecule has 0 aliphatic heterocycles. The first-order valence-electron chi connectivity index (χ1n) is 5.37. The van der Waals surface area contributed by atoms with Gasteiger partial charge in [-0.2, -0.15) is 0 Å². The summed E-state index contributed by atoms with van der Waals surface area (Å²) in [5.41, 5.74) is 7.02. The number of benzene rings is 1. The zero-order chi connectivity index (χ0) is 11.6. The molecule has 2 rings (SSSR count). The van der Waals surface area contributed by atoms with E-state index in [0.29, 0.717) is 6.54 Å². The van der Waals surface area contributed by atoms with Crippen molar-refractivity contribution in [2.45, 2.75) is 12.3 Å². The molecule has 3 nitrogen and oxygen atoms in total. The largest absolute Gasteiger partial charge is 0.395 e. The van der Waals surface area contributed by atoms with Gasteiger partial charge in [0, 0.05) is 17.3 Å². The Hall–Kier alpha value is -1.45. The third-order valence-corrected chi connectivity index (χ3v) is 3.02. The third kappa shape index (κ3) is 1.79. The molecule has 0 amide bonds. The van der Waals surface area contributed by atoms with Crippen LogP contribution in [0.3, 0.4) is 0 Å². The Morgan fingerprint density at radius 3 is 2.69 bits per heavy atom. The number of aliphatic hydroxyl groups excluding tert-OH is 1. The highest BCUT2D eigenvalue weighted by molar-refractivity contribution is 5.78. The highest BCUT2D eigenvalue weighted by Gasteiger charge is 2.25. The van der Waals surface area contributed by atoms with E-state index in [0.717, 1.165) is 16.6 Å². The number of hydrogen-bond donors (Lipinski definition) is 2. The summed E-state index contributed by atoms with van der Waals surface area (Å²) in [6.45, 7) is 2.31. The molecule has 1 aromatic carbocycles. The number of nitrogens with two attached hydrogens (primary N) is 1.